The van der Waals surface area contributed by atoms with Gasteiger partial charge in [0.15, 0.2) is 0 Å². The number of carbonyl (C=O) groups excluding carboxylic acids is 2. The first-order valence-corrected chi connectivity index (χ1v) is 9.40. The second kappa shape index (κ2) is 7.02. The molecule has 0 radical (unpaired) electrons. The Hall–Kier alpha value is -1.11. The second-order valence-electron chi connectivity index (χ2n) is 7.03. The van der Waals surface area contributed by atoms with Crippen LogP contribution in [0.1, 0.15) is 28.9 Å². The highest BCUT2D eigenvalue weighted by Gasteiger charge is 2.50. The summed E-state index contributed by atoms with van der Waals surface area (Å²) in [7, 11) is 0. The number of carbonyl (C=O) groups is 2. The average molecular weight is 370 g/mol. The molecule has 4 unspecified atom stereocenters. The summed E-state index contributed by atoms with van der Waals surface area (Å²) < 4.78 is 0. The lowest BCUT2D eigenvalue weighted by atomic mass is 9.84. The topological polar surface area (TPSA) is 66.6 Å². The molecule has 0 aromatic carbocycles. The van der Waals surface area contributed by atoms with Gasteiger partial charge in [-0.3, -0.25) is 9.59 Å². The molecular weight excluding hydrogens is 346 g/mol. The van der Waals surface area contributed by atoms with E-state index in [0.29, 0.717) is 38.0 Å². The summed E-state index contributed by atoms with van der Waals surface area (Å²) in [5.41, 5.74) is 6.30. The predicted octanol–water partition coefficient (Wildman–Crippen LogP) is 1.83. The molecule has 2 N–H and O–H groups in total. The van der Waals surface area contributed by atoms with Gasteiger partial charge in [-0.1, -0.05) is 6.07 Å². The van der Waals surface area contributed by atoms with Gasteiger partial charge in [-0.2, -0.15) is 0 Å². The van der Waals surface area contributed by atoms with Crippen molar-refractivity contribution < 1.29 is 9.59 Å². The van der Waals surface area contributed by atoms with Crippen LogP contribution in [0, 0.1) is 17.8 Å². The van der Waals surface area contributed by atoms with Gasteiger partial charge in [0, 0.05) is 32.2 Å². The van der Waals surface area contributed by atoms with Crippen LogP contribution in [0.2, 0.25) is 0 Å². The van der Waals surface area contributed by atoms with Crippen molar-refractivity contribution in [2.75, 3.05) is 26.2 Å². The number of amides is 2. The molecule has 2 aliphatic carbocycles. The number of hydrogen-bond donors (Lipinski definition) is 1. The fourth-order valence-corrected chi connectivity index (χ4v) is 5.29. The smallest absolute Gasteiger partial charge is 0.264 e. The Labute approximate surface area is 152 Å². The zero-order valence-electron chi connectivity index (χ0n) is 13.6. The number of nitrogens with zero attached hydrogens (tertiary/aromatic N) is 2. The third-order valence-electron chi connectivity index (χ3n) is 5.88. The zero-order valence-corrected chi connectivity index (χ0v) is 15.2. The van der Waals surface area contributed by atoms with Gasteiger partial charge in [0.1, 0.15) is 0 Å². The SMILES string of the molecule is Cl.NC1C2CCC(C2)C1C(=O)N1CCN(C(=O)c2cccs2)CC1. The molecule has 7 heteroatoms. The minimum atomic E-state index is 0. The highest BCUT2D eigenvalue weighted by Crippen LogP contribution is 2.48. The molecule has 0 spiro atoms. The monoisotopic (exact) mass is 369 g/mol. The summed E-state index contributed by atoms with van der Waals surface area (Å²) in [6, 6.07) is 3.81. The van der Waals surface area contributed by atoms with Crippen LogP contribution in [0.15, 0.2) is 17.5 Å². The molecule has 24 heavy (non-hydrogen) atoms. The minimum absolute atomic E-state index is 0. The molecule has 132 valence electrons. The van der Waals surface area contributed by atoms with Crippen LogP contribution in [0.3, 0.4) is 0 Å². The standard InChI is InChI=1S/C17H23N3O2S.ClH/c18-15-12-4-3-11(10-12)14(15)17(22)20-7-5-19(6-8-20)16(21)13-2-1-9-23-13;/h1-2,9,11-12,14-15H,3-8,10,18H2;1H. The van der Waals surface area contributed by atoms with Crippen LogP contribution in [0.4, 0.5) is 0 Å². The molecular formula is C17H24ClN3O2S. The second-order valence-corrected chi connectivity index (χ2v) is 7.98. The molecule has 2 heterocycles. The van der Waals surface area contributed by atoms with Gasteiger partial charge >= 0.3 is 0 Å². The van der Waals surface area contributed by atoms with Crippen molar-refractivity contribution in [3.05, 3.63) is 22.4 Å². The lowest BCUT2D eigenvalue weighted by Gasteiger charge is -2.38. The molecule has 1 saturated heterocycles. The van der Waals surface area contributed by atoms with Gasteiger partial charge in [0.2, 0.25) is 5.91 Å². The number of halogens is 1. The molecule has 1 aromatic heterocycles. The molecule has 2 amide bonds. The van der Waals surface area contributed by atoms with E-state index in [-0.39, 0.29) is 36.2 Å². The fraction of sp³-hybridized carbons (Fsp3) is 0.647. The van der Waals surface area contributed by atoms with E-state index in [9.17, 15) is 9.59 Å². The van der Waals surface area contributed by atoms with Crippen LogP contribution in [0.25, 0.3) is 0 Å². The number of thiophene rings is 1. The van der Waals surface area contributed by atoms with Gasteiger partial charge in [-0.25, -0.2) is 0 Å². The van der Waals surface area contributed by atoms with E-state index >= 15 is 0 Å². The van der Waals surface area contributed by atoms with Crippen molar-refractivity contribution in [2.24, 2.45) is 23.5 Å². The molecule has 4 atom stereocenters. The third kappa shape index (κ3) is 2.95. The summed E-state index contributed by atoms with van der Waals surface area (Å²) in [4.78, 5) is 29.8. The van der Waals surface area contributed by atoms with Crippen molar-refractivity contribution in [3.8, 4) is 0 Å². The van der Waals surface area contributed by atoms with Crippen molar-refractivity contribution in [2.45, 2.75) is 25.3 Å². The molecule has 3 aliphatic rings. The van der Waals surface area contributed by atoms with Crippen molar-refractivity contribution in [1.29, 1.82) is 0 Å². The average Bonchev–Trinajstić information content (AvgIpc) is 3.31. The number of rotatable bonds is 2. The van der Waals surface area contributed by atoms with E-state index in [1.165, 1.54) is 17.8 Å². The first-order valence-electron chi connectivity index (χ1n) is 8.52. The molecule has 2 saturated carbocycles. The van der Waals surface area contributed by atoms with Gasteiger partial charge < -0.3 is 15.5 Å². The van der Waals surface area contributed by atoms with Crippen LogP contribution < -0.4 is 5.73 Å². The zero-order chi connectivity index (χ0) is 16.0. The Balaban J connectivity index is 0.00000169. The summed E-state index contributed by atoms with van der Waals surface area (Å²) in [6.45, 7) is 2.52. The van der Waals surface area contributed by atoms with E-state index in [0.717, 1.165) is 17.7 Å². The first kappa shape index (κ1) is 17.7. The number of hydrogen-bond acceptors (Lipinski definition) is 4. The van der Waals surface area contributed by atoms with E-state index in [1.54, 1.807) is 0 Å². The largest absolute Gasteiger partial charge is 0.339 e. The number of piperazine rings is 1. The van der Waals surface area contributed by atoms with E-state index in [4.69, 9.17) is 5.73 Å². The first-order chi connectivity index (χ1) is 11.1. The predicted molar refractivity (Wildman–Crippen MR) is 96.3 cm³/mol. The van der Waals surface area contributed by atoms with Gasteiger partial charge in [0.05, 0.1) is 10.8 Å². The van der Waals surface area contributed by atoms with Crippen LogP contribution in [0.5, 0.6) is 0 Å². The molecule has 4 rings (SSSR count). The van der Waals surface area contributed by atoms with E-state index in [2.05, 4.69) is 0 Å². The number of nitrogens with two attached hydrogens (primary N) is 1. The molecule has 3 fully saturated rings. The summed E-state index contributed by atoms with van der Waals surface area (Å²) >= 11 is 1.47. The Morgan fingerprint density at radius 1 is 1.08 bits per heavy atom. The van der Waals surface area contributed by atoms with Gasteiger partial charge in [0.25, 0.3) is 5.91 Å². The number of fused-ring (bicyclic) bond motifs is 2. The maximum absolute atomic E-state index is 12.9. The maximum Gasteiger partial charge on any atom is 0.264 e. The van der Waals surface area contributed by atoms with Crippen molar-refractivity contribution in [3.63, 3.8) is 0 Å². The summed E-state index contributed by atoms with van der Waals surface area (Å²) in [6.07, 6.45) is 3.48. The Morgan fingerprint density at radius 3 is 2.33 bits per heavy atom. The lowest BCUT2D eigenvalue weighted by Crippen LogP contribution is -2.54. The molecule has 1 aliphatic heterocycles. The summed E-state index contributed by atoms with van der Waals surface area (Å²) in [5.74, 6) is 1.38. The molecule has 5 nitrogen and oxygen atoms in total. The maximum atomic E-state index is 12.9. The van der Waals surface area contributed by atoms with Crippen LogP contribution >= 0.6 is 23.7 Å². The van der Waals surface area contributed by atoms with Gasteiger partial charge in [-0.15, -0.1) is 23.7 Å². The highest BCUT2D eigenvalue weighted by atomic mass is 35.5. The summed E-state index contributed by atoms with van der Waals surface area (Å²) in [5, 5.41) is 1.92. The fourth-order valence-electron chi connectivity index (χ4n) is 4.60. The Bertz CT molecular complexity index is 599. The quantitative estimate of drug-likeness (QED) is 0.864. The normalized spacial score (nSPS) is 31.9. The van der Waals surface area contributed by atoms with E-state index in [1.807, 2.05) is 27.3 Å². The minimum Gasteiger partial charge on any atom is -0.339 e. The van der Waals surface area contributed by atoms with Gasteiger partial charge in [-0.05, 0) is 42.5 Å². The van der Waals surface area contributed by atoms with Crippen molar-refractivity contribution in [1.82, 2.24) is 9.80 Å². The van der Waals surface area contributed by atoms with E-state index < -0.39 is 0 Å². The van der Waals surface area contributed by atoms with Crippen molar-refractivity contribution >= 4 is 35.6 Å². The van der Waals surface area contributed by atoms with Crippen LogP contribution in [-0.2, 0) is 4.79 Å². The molecule has 1 aromatic rings. The highest BCUT2D eigenvalue weighted by molar-refractivity contribution is 7.12. The molecule has 2 bridgehead atoms. The third-order valence-corrected chi connectivity index (χ3v) is 6.73. The Morgan fingerprint density at radius 2 is 1.75 bits per heavy atom. The van der Waals surface area contributed by atoms with Crippen LogP contribution in [-0.4, -0.2) is 53.8 Å². The Kier molecular flexibility index (Phi) is 5.18. The lowest BCUT2D eigenvalue weighted by molar-refractivity contribution is -0.139.